The van der Waals surface area contributed by atoms with Crippen molar-refractivity contribution in [3.05, 3.63) is 35.5 Å². The average Bonchev–Trinajstić information content (AvgIpc) is 3.09. The molecule has 0 aromatic rings. The van der Waals surface area contributed by atoms with Gasteiger partial charge in [-0.1, -0.05) is 77.3 Å². The van der Waals surface area contributed by atoms with Gasteiger partial charge in [0.15, 0.2) is 8.32 Å². The maximum absolute atomic E-state index is 10.1. The van der Waals surface area contributed by atoms with E-state index in [9.17, 15) is 5.11 Å². The Morgan fingerprint density at radius 1 is 1.11 bits per heavy atom. The molecule has 3 rings (SSSR count). The van der Waals surface area contributed by atoms with Gasteiger partial charge in [-0.25, -0.2) is 0 Å². The third kappa shape index (κ3) is 7.06. The predicted molar refractivity (Wildman–Crippen MR) is 159 cm³/mol. The molecule has 1 N–H and O–H groups in total. The molecule has 0 aliphatic heterocycles. The Balaban J connectivity index is 1.69. The Morgan fingerprint density at radius 2 is 1.81 bits per heavy atom. The van der Waals surface area contributed by atoms with Gasteiger partial charge in [0.2, 0.25) is 0 Å². The topological polar surface area (TPSA) is 29.5 Å². The molecule has 3 saturated carbocycles. The summed E-state index contributed by atoms with van der Waals surface area (Å²) in [5.41, 5.74) is 4.36. The second-order valence-corrected chi connectivity index (χ2v) is 19.8. The molecule has 36 heavy (non-hydrogen) atoms. The zero-order valence-electron chi connectivity index (χ0n) is 25.3. The fraction of sp³-hybridized carbons (Fsp3) is 0.818. The molecule has 0 unspecified atom stereocenters. The van der Waals surface area contributed by atoms with Crippen LogP contribution in [0.5, 0.6) is 0 Å². The van der Waals surface area contributed by atoms with Crippen molar-refractivity contribution < 1.29 is 9.53 Å². The lowest BCUT2D eigenvalue weighted by molar-refractivity contribution is 0.0596. The predicted octanol–water partition coefficient (Wildman–Crippen LogP) is 9.76. The summed E-state index contributed by atoms with van der Waals surface area (Å²) in [5.74, 6) is 2.29. The van der Waals surface area contributed by atoms with Crippen LogP contribution in [0.2, 0.25) is 18.1 Å². The molecular weight excluding hydrogens is 456 g/mol. The molecule has 3 heteroatoms. The van der Waals surface area contributed by atoms with Crippen LogP contribution in [0.25, 0.3) is 0 Å². The van der Waals surface area contributed by atoms with E-state index in [1.54, 1.807) is 5.57 Å². The van der Waals surface area contributed by atoms with Crippen molar-refractivity contribution in [2.45, 2.75) is 149 Å². The van der Waals surface area contributed by atoms with Crippen molar-refractivity contribution >= 4 is 8.32 Å². The smallest absolute Gasteiger partial charge is 0.192 e. The van der Waals surface area contributed by atoms with E-state index in [0.717, 1.165) is 49.9 Å². The van der Waals surface area contributed by atoms with Crippen LogP contribution in [0.15, 0.2) is 35.5 Å². The molecule has 2 nitrogen and oxygen atoms in total. The van der Waals surface area contributed by atoms with Gasteiger partial charge in [0.1, 0.15) is 0 Å². The van der Waals surface area contributed by atoms with Gasteiger partial charge in [0, 0.05) is 6.10 Å². The zero-order chi connectivity index (χ0) is 26.9. The van der Waals surface area contributed by atoms with E-state index in [2.05, 4.69) is 66.4 Å². The number of fused-ring (bicyclic) bond motifs is 1. The summed E-state index contributed by atoms with van der Waals surface area (Å²) >= 11 is 0. The second kappa shape index (κ2) is 11.2. The van der Waals surface area contributed by atoms with Crippen LogP contribution in [-0.4, -0.2) is 25.1 Å². The van der Waals surface area contributed by atoms with Gasteiger partial charge in [-0.05, 0) is 119 Å². The van der Waals surface area contributed by atoms with Crippen LogP contribution >= 0.6 is 0 Å². The van der Waals surface area contributed by atoms with Gasteiger partial charge >= 0.3 is 0 Å². The number of rotatable bonds is 8. The molecule has 0 heterocycles. The van der Waals surface area contributed by atoms with E-state index in [1.807, 2.05) is 13.8 Å². The highest BCUT2D eigenvalue weighted by molar-refractivity contribution is 6.74. The average molecular weight is 515 g/mol. The molecule has 0 aromatic carbocycles. The van der Waals surface area contributed by atoms with Gasteiger partial charge < -0.3 is 9.53 Å². The second-order valence-electron chi connectivity index (χ2n) is 15.1. The Morgan fingerprint density at radius 3 is 2.44 bits per heavy atom. The summed E-state index contributed by atoms with van der Waals surface area (Å²) in [6.45, 7) is 25.2. The SMILES string of the molecule is C=C1CC[C@H](O[Si](C)(C)C(C)(C)C)C/C1=C\C=C1/CCC[C@]2(C)[C@@H]([C@H](C)CCCC(C)(C)O)CC[C@@H]12. The van der Waals surface area contributed by atoms with Gasteiger partial charge in [0.25, 0.3) is 0 Å². The zero-order valence-corrected chi connectivity index (χ0v) is 26.3. The van der Waals surface area contributed by atoms with Gasteiger partial charge in [-0.3, -0.25) is 0 Å². The van der Waals surface area contributed by atoms with Crippen molar-refractivity contribution in [3.8, 4) is 0 Å². The number of allylic oxidation sites excluding steroid dienone is 4. The Bertz CT molecular complexity index is 837. The molecule has 0 saturated heterocycles. The summed E-state index contributed by atoms with van der Waals surface area (Å²) in [6, 6.07) is 0. The van der Waals surface area contributed by atoms with Crippen LogP contribution in [0.3, 0.4) is 0 Å². The minimum atomic E-state index is -1.75. The molecule has 3 fully saturated rings. The largest absolute Gasteiger partial charge is 0.414 e. The summed E-state index contributed by atoms with van der Waals surface area (Å²) in [4.78, 5) is 0. The van der Waals surface area contributed by atoms with Crippen LogP contribution in [0.1, 0.15) is 119 Å². The van der Waals surface area contributed by atoms with E-state index in [-0.39, 0.29) is 5.04 Å². The maximum atomic E-state index is 10.1. The highest BCUT2D eigenvalue weighted by Crippen LogP contribution is 2.60. The van der Waals surface area contributed by atoms with Crippen molar-refractivity contribution in [1.82, 2.24) is 0 Å². The molecule has 0 spiro atoms. The monoisotopic (exact) mass is 514 g/mol. The first-order valence-corrected chi connectivity index (χ1v) is 17.9. The van der Waals surface area contributed by atoms with Crippen LogP contribution in [0.4, 0.5) is 0 Å². The molecule has 206 valence electrons. The minimum absolute atomic E-state index is 0.254. The highest BCUT2D eigenvalue weighted by atomic mass is 28.4. The minimum Gasteiger partial charge on any atom is -0.414 e. The molecule has 0 radical (unpaired) electrons. The first-order chi connectivity index (χ1) is 16.5. The molecular formula is C33H58O2Si. The van der Waals surface area contributed by atoms with Crippen LogP contribution < -0.4 is 0 Å². The van der Waals surface area contributed by atoms with Gasteiger partial charge in [-0.2, -0.15) is 0 Å². The Hall–Kier alpha value is -0.643. The summed E-state index contributed by atoms with van der Waals surface area (Å²) in [6.07, 6.45) is 18.5. The summed E-state index contributed by atoms with van der Waals surface area (Å²) in [7, 11) is -1.75. The van der Waals surface area contributed by atoms with Crippen LogP contribution in [0, 0.1) is 23.2 Å². The van der Waals surface area contributed by atoms with Crippen molar-refractivity contribution in [3.63, 3.8) is 0 Å². The number of aliphatic hydroxyl groups is 1. The third-order valence-corrected chi connectivity index (χ3v) is 15.1. The summed E-state index contributed by atoms with van der Waals surface area (Å²) < 4.78 is 6.81. The van der Waals surface area contributed by atoms with Crippen molar-refractivity contribution in [1.29, 1.82) is 0 Å². The van der Waals surface area contributed by atoms with Crippen LogP contribution in [-0.2, 0) is 4.43 Å². The fourth-order valence-corrected chi connectivity index (χ4v) is 8.74. The lowest BCUT2D eigenvalue weighted by Gasteiger charge is -2.44. The molecule has 3 aliphatic rings. The Kier molecular flexibility index (Phi) is 9.33. The highest BCUT2D eigenvalue weighted by Gasteiger charge is 2.50. The van der Waals surface area contributed by atoms with Crippen molar-refractivity contribution in [2.75, 3.05) is 0 Å². The number of hydrogen-bond acceptors (Lipinski definition) is 2. The lowest BCUT2D eigenvalue weighted by atomic mass is 9.60. The fourth-order valence-electron chi connectivity index (χ4n) is 7.35. The molecule has 0 amide bonds. The van der Waals surface area contributed by atoms with E-state index in [0.29, 0.717) is 11.5 Å². The molecule has 0 bridgehead atoms. The van der Waals surface area contributed by atoms with E-state index >= 15 is 0 Å². The molecule has 3 aliphatic carbocycles. The van der Waals surface area contributed by atoms with Crippen molar-refractivity contribution in [2.24, 2.45) is 23.2 Å². The van der Waals surface area contributed by atoms with E-state index in [4.69, 9.17) is 4.43 Å². The first kappa shape index (κ1) is 29.9. The Labute approximate surface area is 225 Å². The van der Waals surface area contributed by atoms with E-state index < -0.39 is 13.9 Å². The maximum Gasteiger partial charge on any atom is 0.192 e. The summed E-state index contributed by atoms with van der Waals surface area (Å²) in [5, 5.41) is 10.4. The third-order valence-electron chi connectivity index (χ3n) is 10.6. The van der Waals surface area contributed by atoms with Gasteiger partial charge in [0.05, 0.1) is 5.60 Å². The van der Waals surface area contributed by atoms with E-state index in [1.165, 1.54) is 49.7 Å². The quantitative estimate of drug-likeness (QED) is 0.327. The molecule has 0 aromatic heterocycles. The first-order valence-electron chi connectivity index (χ1n) is 15.0. The van der Waals surface area contributed by atoms with Gasteiger partial charge in [-0.15, -0.1) is 0 Å². The molecule has 5 atom stereocenters. The lowest BCUT2D eigenvalue weighted by Crippen LogP contribution is -2.44. The number of hydrogen-bond donors (Lipinski definition) is 1. The standard InChI is InChI=1S/C33H58O2Si/c1-24-15-18-28(35-36(9,10)31(3,4)5)23-27(24)17-16-26-14-12-22-33(8)29(19-20-30(26)33)25(2)13-11-21-32(6,7)34/h16-17,25,28-30,34H,1,11-15,18-23H2,2-10H3/b26-16+,27-17+/t25-,28+,29-,30+,33-/m1/s1. The normalized spacial score (nSPS) is 33.3.